The van der Waals surface area contributed by atoms with Gasteiger partial charge in [0.2, 0.25) is 0 Å². The van der Waals surface area contributed by atoms with Gasteiger partial charge in [-0.1, -0.05) is 0 Å². The molecule has 0 aromatic carbocycles. The molecule has 1 saturated carbocycles. The van der Waals surface area contributed by atoms with E-state index in [2.05, 4.69) is 5.32 Å². The lowest BCUT2D eigenvalue weighted by molar-refractivity contribution is -0.160. The molecule has 16 heavy (non-hydrogen) atoms. The van der Waals surface area contributed by atoms with Crippen molar-refractivity contribution < 1.29 is 9.53 Å². The lowest BCUT2D eigenvalue weighted by Crippen LogP contribution is -2.57. The van der Waals surface area contributed by atoms with Crippen molar-refractivity contribution in [1.29, 1.82) is 0 Å². The first kappa shape index (κ1) is 11.9. The Morgan fingerprint density at radius 2 is 2.00 bits per heavy atom. The first-order valence-corrected chi connectivity index (χ1v) is 6.23. The number of piperidine rings is 1. The molecule has 0 atom stereocenters. The molecule has 2 rings (SSSR count). The monoisotopic (exact) mass is 226 g/mol. The van der Waals surface area contributed by atoms with Crippen LogP contribution in [0.25, 0.3) is 0 Å². The minimum absolute atomic E-state index is 0.182. The van der Waals surface area contributed by atoms with Crippen LogP contribution in [0.5, 0.6) is 0 Å². The summed E-state index contributed by atoms with van der Waals surface area (Å²) in [4.78, 5) is 14.4. The van der Waals surface area contributed by atoms with Gasteiger partial charge >= 0.3 is 0 Å². The van der Waals surface area contributed by atoms with Crippen LogP contribution in [0.1, 0.15) is 32.1 Å². The molecule has 1 aliphatic heterocycles. The van der Waals surface area contributed by atoms with Crippen LogP contribution < -0.4 is 5.32 Å². The van der Waals surface area contributed by atoms with Gasteiger partial charge in [0.1, 0.15) is 5.60 Å². The highest BCUT2D eigenvalue weighted by molar-refractivity contribution is 5.85. The lowest BCUT2D eigenvalue weighted by atomic mass is 9.86. The van der Waals surface area contributed by atoms with Crippen molar-refractivity contribution in [2.24, 2.45) is 0 Å². The van der Waals surface area contributed by atoms with Crippen molar-refractivity contribution >= 4 is 5.91 Å². The van der Waals surface area contributed by atoms with Crippen LogP contribution >= 0.6 is 0 Å². The second kappa shape index (κ2) is 4.72. The minimum Gasteiger partial charge on any atom is -0.368 e. The van der Waals surface area contributed by atoms with E-state index >= 15 is 0 Å². The van der Waals surface area contributed by atoms with Crippen LogP contribution in [0.15, 0.2) is 0 Å². The van der Waals surface area contributed by atoms with Crippen molar-refractivity contribution in [2.45, 2.75) is 43.7 Å². The number of rotatable bonds is 3. The smallest absolute Gasteiger partial charge is 0.254 e. The van der Waals surface area contributed by atoms with Crippen molar-refractivity contribution in [3.63, 3.8) is 0 Å². The summed E-state index contributed by atoms with van der Waals surface area (Å²) in [6, 6.07) is 0.453. The van der Waals surface area contributed by atoms with E-state index in [0.29, 0.717) is 6.04 Å². The van der Waals surface area contributed by atoms with Crippen LogP contribution in [0.2, 0.25) is 0 Å². The first-order valence-electron chi connectivity index (χ1n) is 6.23. The highest BCUT2D eigenvalue weighted by atomic mass is 16.5. The third-order valence-electron chi connectivity index (χ3n) is 4.13. The van der Waals surface area contributed by atoms with Gasteiger partial charge in [-0.05, 0) is 45.2 Å². The Hall–Kier alpha value is -0.610. The Balaban J connectivity index is 2.04. The van der Waals surface area contributed by atoms with Gasteiger partial charge in [-0.15, -0.1) is 0 Å². The Morgan fingerprint density at radius 1 is 1.38 bits per heavy atom. The molecular weight excluding hydrogens is 204 g/mol. The van der Waals surface area contributed by atoms with E-state index in [1.807, 2.05) is 11.9 Å². The molecule has 4 nitrogen and oxygen atoms in total. The summed E-state index contributed by atoms with van der Waals surface area (Å²) in [6.45, 7) is 1.75. The molecule has 1 aliphatic carbocycles. The summed E-state index contributed by atoms with van der Waals surface area (Å²) >= 11 is 0. The zero-order chi connectivity index (χ0) is 11.6. The Bertz CT molecular complexity index is 258. The van der Waals surface area contributed by atoms with Gasteiger partial charge in [0, 0.05) is 20.2 Å². The predicted octanol–water partition coefficient (Wildman–Crippen LogP) is 0.766. The summed E-state index contributed by atoms with van der Waals surface area (Å²) in [7, 11) is 3.59. The summed E-state index contributed by atoms with van der Waals surface area (Å²) in [6.07, 6.45) is 5.14. The topological polar surface area (TPSA) is 41.6 Å². The Morgan fingerprint density at radius 3 is 2.44 bits per heavy atom. The number of likely N-dealkylation sites (N-methyl/N-ethyl adjacent to an activating group) is 1. The van der Waals surface area contributed by atoms with Gasteiger partial charge in [-0.25, -0.2) is 0 Å². The van der Waals surface area contributed by atoms with Crippen molar-refractivity contribution in [3.05, 3.63) is 0 Å². The number of hydrogen-bond donors (Lipinski definition) is 1. The highest BCUT2D eigenvalue weighted by Crippen LogP contribution is 2.30. The van der Waals surface area contributed by atoms with Gasteiger partial charge in [0.15, 0.2) is 0 Å². The normalized spacial score (nSPS) is 24.9. The van der Waals surface area contributed by atoms with Gasteiger partial charge in [0.25, 0.3) is 5.91 Å². The molecule has 2 fully saturated rings. The summed E-state index contributed by atoms with van der Waals surface area (Å²) in [5, 5.41) is 3.27. The number of nitrogens with one attached hydrogen (secondary N) is 1. The number of amides is 1. The number of carbonyl (C=O) groups excluding carboxylic acids is 1. The SMILES string of the molecule is COC1(C(=O)N(C)C2CCC2)CCNCC1. The quantitative estimate of drug-likeness (QED) is 0.772. The second-order valence-electron chi connectivity index (χ2n) is 4.95. The molecule has 1 saturated heterocycles. The standard InChI is InChI=1S/C12H22N2O2/c1-14(10-4-3-5-10)11(15)12(16-2)6-8-13-9-7-12/h10,13H,3-9H2,1-2H3. The maximum atomic E-state index is 12.5. The molecule has 1 heterocycles. The van der Waals surface area contributed by atoms with Crippen LogP contribution in [0, 0.1) is 0 Å². The van der Waals surface area contributed by atoms with E-state index in [1.54, 1.807) is 7.11 Å². The van der Waals surface area contributed by atoms with Crippen LogP contribution in [0.4, 0.5) is 0 Å². The maximum Gasteiger partial charge on any atom is 0.254 e. The highest BCUT2D eigenvalue weighted by Gasteiger charge is 2.43. The molecule has 1 N–H and O–H groups in total. The van der Waals surface area contributed by atoms with Gasteiger partial charge < -0.3 is 15.0 Å². The lowest BCUT2D eigenvalue weighted by Gasteiger charge is -2.42. The van der Waals surface area contributed by atoms with Crippen molar-refractivity contribution in [3.8, 4) is 0 Å². The number of carbonyl (C=O) groups is 1. The molecular formula is C12H22N2O2. The number of ether oxygens (including phenoxy) is 1. The molecule has 92 valence electrons. The van der Waals surface area contributed by atoms with E-state index < -0.39 is 5.60 Å². The second-order valence-corrected chi connectivity index (χ2v) is 4.95. The van der Waals surface area contributed by atoms with Crippen LogP contribution in [-0.2, 0) is 9.53 Å². The minimum atomic E-state index is -0.560. The Labute approximate surface area is 97.3 Å². The number of nitrogens with zero attached hydrogens (tertiary/aromatic N) is 1. The summed E-state index contributed by atoms with van der Waals surface area (Å²) in [5.41, 5.74) is -0.560. The average Bonchev–Trinajstić information content (AvgIpc) is 2.26. The predicted molar refractivity (Wildman–Crippen MR) is 62.3 cm³/mol. The largest absolute Gasteiger partial charge is 0.368 e. The molecule has 0 spiro atoms. The third-order valence-corrected chi connectivity index (χ3v) is 4.13. The average molecular weight is 226 g/mol. The molecule has 2 aliphatic rings. The van der Waals surface area contributed by atoms with Gasteiger partial charge in [0.05, 0.1) is 0 Å². The number of methoxy groups -OCH3 is 1. The van der Waals surface area contributed by atoms with E-state index in [1.165, 1.54) is 6.42 Å². The fraction of sp³-hybridized carbons (Fsp3) is 0.917. The molecule has 0 aromatic rings. The molecule has 1 amide bonds. The van der Waals surface area contributed by atoms with E-state index in [-0.39, 0.29) is 5.91 Å². The number of hydrogen-bond acceptors (Lipinski definition) is 3. The fourth-order valence-corrected chi connectivity index (χ4v) is 2.60. The van der Waals surface area contributed by atoms with Crippen LogP contribution in [0.3, 0.4) is 0 Å². The molecule has 0 radical (unpaired) electrons. The Kier molecular flexibility index (Phi) is 3.50. The third kappa shape index (κ3) is 1.96. The fourth-order valence-electron chi connectivity index (χ4n) is 2.60. The molecule has 0 aromatic heterocycles. The maximum absolute atomic E-state index is 12.5. The molecule has 0 bridgehead atoms. The van der Waals surface area contributed by atoms with Gasteiger partial charge in [-0.2, -0.15) is 0 Å². The molecule has 0 unspecified atom stereocenters. The van der Waals surface area contributed by atoms with Crippen molar-refractivity contribution in [2.75, 3.05) is 27.2 Å². The molecule has 4 heteroatoms. The summed E-state index contributed by atoms with van der Waals surface area (Å²) in [5.74, 6) is 0.182. The van der Waals surface area contributed by atoms with E-state index in [4.69, 9.17) is 4.74 Å². The first-order chi connectivity index (χ1) is 7.69. The van der Waals surface area contributed by atoms with Crippen LogP contribution in [-0.4, -0.2) is 49.7 Å². The van der Waals surface area contributed by atoms with Gasteiger partial charge in [-0.3, -0.25) is 4.79 Å². The zero-order valence-corrected chi connectivity index (χ0v) is 10.3. The van der Waals surface area contributed by atoms with Crippen molar-refractivity contribution in [1.82, 2.24) is 10.2 Å². The van der Waals surface area contributed by atoms with E-state index in [0.717, 1.165) is 38.8 Å². The van der Waals surface area contributed by atoms with E-state index in [9.17, 15) is 4.79 Å². The zero-order valence-electron chi connectivity index (χ0n) is 10.3. The summed E-state index contributed by atoms with van der Waals surface area (Å²) < 4.78 is 5.55.